The van der Waals surface area contributed by atoms with E-state index < -0.39 is 21.3 Å². The Hall–Kier alpha value is -2.13. The maximum atomic E-state index is 12.1. The molecule has 0 heterocycles. The standard InChI is InChI=1S/C11H14N4O4S/c12-9(15-17)11(4-5-11)10(16)14-7-2-1-3-8(6-7)20(13,18)19/h1-3,6,17H,4-5H2,(H2,12,15)(H,14,16)(H2,13,18,19). The predicted molar refractivity (Wildman–Crippen MR) is 71.5 cm³/mol. The van der Waals surface area contributed by atoms with Gasteiger partial charge in [-0.3, -0.25) is 4.79 Å². The van der Waals surface area contributed by atoms with Crippen LogP contribution in [0.15, 0.2) is 34.3 Å². The molecule has 0 unspecified atom stereocenters. The van der Waals surface area contributed by atoms with Gasteiger partial charge in [0, 0.05) is 5.69 Å². The molecule has 6 N–H and O–H groups in total. The van der Waals surface area contributed by atoms with Crippen molar-refractivity contribution in [3.05, 3.63) is 24.3 Å². The minimum absolute atomic E-state index is 0.107. The van der Waals surface area contributed by atoms with Crippen LogP contribution in [-0.4, -0.2) is 25.4 Å². The van der Waals surface area contributed by atoms with Crippen molar-refractivity contribution >= 4 is 27.5 Å². The molecule has 1 saturated carbocycles. The lowest BCUT2D eigenvalue weighted by molar-refractivity contribution is -0.119. The van der Waals surface area contributed by atoms with Crippen LogP contribution in [0.5, 0.6) is 0 Å². The van der Waals surface area contributed by atoms with Crippen LogP contribution in [0, 0.1) is 5.41 Å². The normalized spacial score (nSPS) is 17.6. The summed E-state index contributed by atoms with van der Waals surface area (Å²) in [4.78, 5) is 12.0. The van der Waals surface area contributed by atoms with Gasteiger partial charge in [0.1, 0.15) is 5.41 Å². The number of carbonyl (C=O) groups is 1. The van der Waals surface area contributed by atoms with E-state index in [4.69, 9.17) is 16.1 Å². The number of hydrogen-bond donors (Lipinski definition) is 4. The SMILES string of the molecule is N/C(=N/O)C1(C(=O)Nc2cccc(S(N)(=O)=O)c2)CC1. The third kappa shape index (κ3) is 2.58. The van der Waals surface area contributed by atoms with Crippen LogP contribution in [0.2, 0.25) is 0 Å². The molecule has 0 aromatic heterocycles. The number of oxime groups is 1. The molecule has 0 saturated heterocycles. The zero-order valence-corrected chi connectivity index (χ0v) is 11.2. The maximum absolute atomic E-state index is 12.1. The Bertz CT molecular complexity index is 679. The second kappa shape index (κ2) is 4.76. The van der Waals surface area contributed by atoms with Crippen LogP contribution in [0.3, 0.4) is 0 Å². The number of hydrogen-bond acceptors (Lipinski definition) is 5. The summed E-state index contributed by atoms with van der Waals surface area (Å²) in [6.07, 6.45) is 0.952. The number of sulfonamides is 1. The zero-order chi connectivity index (χ0) is 15.0. The first-order valence-corrected chi connectivity index (χ1v) is 7.26. The highest BCUT2D eigenvalue weighted by Gasteiger charge is 2.54. The summed E-state index contributed by atoms with van der Waals surface area (Å²) in [5.74, 6) is -0.600. The van der Waals surface area contributed by atoms with E-state index in [0.717, 1.165) is 0 Å². The summed E-state index contributed by atoms with van der Waals surface area (Å²) in [6.45, 7) is 0. The number of benzene rings is 1. The fourth-order valence-corrected chi connectivity index (χ4v) is 2.38. The predicted octanol–water partition coefficient (Wildman–Crippen LogP) is -0.201. The molecular formula is C11H14N4O4S. The molecule has 0 spiro atoms. The Labute approximate surface area is 115 Å². The molecule has 108 valence electrons. The van der Waals surface area contributed by atoms with Crippen LogP contribution in [0.4, 0.5) is 5.69 Å². The molecule has 0 radical (unpaired) electrons. The third-order valence-corrected chi connectivity index (χ3v) is 4.11. The summed E-state index contributed by atoms with van der Waals surface area (Å²) in [5, 5.41) is 19.1. The molecule has 9 heteroatoms. The van der Waals surface area contributed by atoms with E-state index >= 15 is 0 Å². The number of anilines is 1. The third-order valence-electron chi connectivity index (χ3n) is 3.20. The van der Waals surface area contributed by atoms with Gasteiger partial charge < -0.3 is 16.3 Å². The molecule has 1 amide bonds. The van der Waals surface area contributed by atoms with E-state index in [1.807, 2.05) is 0 Å². The van der Waals surface area contributed by atoms with Crippen molar-refractivity contribution in [1.82, 2.24) is 0 Å². The summed E-state index contributed by atoms with van der Waals surface area (Å²) in [5.41, 5.74) is 4.76. The quantitative estimate of drug-likeness (QED) is 0.263. The van der Waals surface area contributed by atoms with Gasteiger partial charge in [0.15, 0.2) is 5.84 Å². The van der Waals surface area contributed by atoms with Crippen molar-refractivity contribution in [2.75, 3.05) is 5.32 Å². The summed E-state index contributed by atoms with van der Waals surface area (Å²) in [7, 11) is -3.84. The number of rotatable bonds is 4. The molecule has 8 nitrogen and oxygen atoms in total. The highest BCUT2D eigenvalue weighted by atomic mass is 32.2. The topological polar surface area (TPSA) is 148 Å². The Morgan fingerprint density at radius 2 is 2.05 bits per heavy atom. The average molecular weight is 298 g/mol. The smallest absolute Gasteiger partial charge is 0.238 e. The molecule has 1 fully saturated rings. The molecule has 2 rings (SSSR count). The number of primary sulfonamides is 1. The summed E-state index contributed by atoms with van der Waals surface area (Å²) in [6, 6.07) is 5.55. The van der Waals surface area contributed by atoms with Crippen LogP contribution < -0.4 is 16.2 Å². The lowest BCUT2D eigenvalue weighted by atomic mass is 10.1. The van der Waals surface area contributed by atoms with Crippen molar-refractivity contribution in [3.8, 4) is 0 Å². The Morgan fingerprint density at radius 3 is 2.55 bits per heavy atom. The first kappa shape index (κ1) is 14.3. The van der Waals surface area contributed by atoms with Gasteiger partial charge in [-0.2, -0.15) is 0 Å². The minimum Gasteiger partial charge on any atom is -0.409 e. The first-order valence-electron chi connectivity index (χ1n) is 5.72. The van der Waals surface area contributed by atoms with Gasteiger partial charge in [-0.05, 0) is 31.0 Å². The molecule has 1 aromatic carbocycles. The summed E-state index contributed by atoms with van der Waals surface area (Å²) >= 11 is 0. The van der Waals surface area contributed by atoms with Crippen molar-refractivity contribution in [1.29, 1.82) is 0 Å². The van der Waals surface area contributed by atoms with E-state index in [1.165, 1.54) is 24.3 Å². The van der Waals surface area contributed by atoms with Crippen LogP contribution in [0.25, 0.3) is 0 Å². The van der Waals surface area contributed by atoms with Crippen molar-refractivity contribution < 1.29 is 18.4 Å². The fourth-order valence-electron chi connectivity index (χ4n) is 1.82. The van der Waals surface area contributed by atoms with E-state index in [9.17, 15) is 13.2 Å². The molecule has 1 aliphatic rings. The molecule has 1 aromatic rings. The maximum Gasteiger partial charge on any atom is 0.238 e. The second-order valence-electron chi connectivity index (χ2n) is 4.59. The fraction of sp³-hybridized carbons (Fsp3) is 0.273. The Balaban J connectivity index is 2.22. The van der Waals surface area contributed by atoms with Gasteiger partial charge in [0.25, 0.3) is 0 Å². The van der Waals surface area contributed by atoms with Crippen LogP contribution in [-0.2, 0) is 14.8 Å². The number of amidine groups is 1. The molecule has 1 aliphatic carbocycles. The first-order chi connectivity index (χ1) is 9.29. The monoisotopic (exact) mass is 298 g/mol. The Morgan fingerprint density at radius 1 is 1.40 bits per heavy atom. The number of nitrogens with two attached hydrogens (primary N) is 2. The number of carbonyl (C=O) groups excluding carboxylic acids is 1. The van der Waals surface area contributed by atoms with Gasteiger partial charge in [-0.1, -0.05) is 11.2 Å². The molecule has 0 bridgehead atoms. The highest BCUT2D eigenvalue weighted by Crippen LogP contribution is 2.46. The highest BCUT2D eigenvalue weighted by molar-refractivity contribution is 7.89. The molecule has 0 atom stereocenters. The molecular weight excluding hydrogens is 284 g/mol. The largest absolute Gasteiger partial charge is 0.409 e. The minimum atomic E-state index is -3.84. The van der Waals surface area contributed by atoms with Gasteiger partial charge in [-0.25, -0.2) is 13.6 Å². The van der Waals surface area contributed by atoms with E-state index in [2.05, 4.69) is 10.5 Å². The van der Waals surface area contributed by atoms with Crippen molar-refractivity contribution in [2.45, 2.75) is 17.7 Å². The van der Waals surface area contributed by atoms with E-state index in [0.29, 0.717) is 12.8 Å². The lowest BCUT2D eigenvalue weighted by Crippen LogP contribution is -2.36. The van der Waals surface area contributed by atoms with Crippen LogP contribution >= 0.6 is 0 Å². The lowest BCUT2D eigenvalue weighted by Gasteiger charge is -2.14. The number of nitrogens with one attached hydrogen (secondary N) is 1. The van der Waals surface area contributed by atoms with Gasteiger partial charge >= 0.3 is 0 Å². The molecule has 20 heavy (non-hydrogen) atoms. The Kier molecular flexibility index (Phi) is 3.40. The molecule has 0 aliphatic heterocycles. The number of amides is 1. The van der Waals surface area contributed by atoms with E-state index in [-0.39, 0.29) is 16.4 Å². The van der Waals surface area contributed by atoms with Crippen molar-refractivity contribution in [2.24, 2.45) is 21.4 Å². The number of nitrogens with zero attached hydrogens (tertiary/aromatic N) is 1. The van der Waals surface area contributed by atoms with Gasteiger partial charge in [0.2, 0.25) is 15.9 Å². The van der Waals surface area contributed by atoms with Gasteiger partial charge in [-0.15, -0.1) is 0 Å². The summed E-state index contributed by atoms with van der Waals surface area (Å²) < 4.78 is 22.5. The van der Waals surface area contributed by atoms with E-state index in [1.54, 1.807) is 0 Å². The van der Waals surface area contributed by atoms with Crippen molar-refractivity contribution in [3.63, 3.8) is 0 Å². The zero-order valence-electron chi connectivity index (χ0n) is 10.4. The second-order valence-corrected chi connectivity index (χ2v) is 6.16. The van der Waals surface area contributed by atoms with Gasteiger partial charge in [0.05, 0.1) is 4.90 Å². The van der Waals surface area contributed by atoms with Crippen LogP contribution in [0.1, 0.15) is 12.8 Å². The average Bonchev–Trinajstić information content (AvgIpc) is 3.18.